The van der Waals surface area contributed by atoms with E-state index in [0.29, 0.717) is 12.6 Å². The number of rotatable bonds is 11. The first kappa shape index (κ1) is 16.8. The fourth-order valence-electron chi connectivity index (χ4n) is 2.00. The van der Waals surface area contributed by atoms with Crippen LogP contribution in [0.25, 0.3) is 0 Å². The molecule has 0 radical (unpaired) electrons. The van der Waals surface area contributed by atoms with Crippen molar-refractivity contribution in [3.8, 4) is 11.5 Å². The van der Waals surface area contributed by atoms with Gasteiger partial charge in [0, 0.05) is 6.04 Å². The second kappa shape index (κ2) is 10.6. The Hall–Kier alpha value is -1.22. The highest BCUT2D eigenvalue weighted by Crippen LogP contribution is 2.26. The van der Waals surface area contributed by atoms with Gasteiger partial charge in [-0.3, -0.25) is 0 Å². The van der Waals surface area contributed by atoms with Gasteiger partial charge in [0.2, 0.25) is 0 Å². The molecule has 3 nitrogen and oxygen atoms in total. The highest BCUT2D eigenvalue weighted by Gasteiger charge is 2.02. The maximum atomic E-state index is 5.79. The van der Waals surface area contributed by atoms with E-state index in [0.717, 1.165) is 31.1 Å². The van der Waals surface area contributed by atoms with Crippen LogP contribution in [0.1, 0.15) is 46.5 Å². The van der Waals surface area contributed by atoms with Crippen LogP contribution in [-0.2, 0) is 0 Å². The molecular weight excluding hydrogens is 250 g/mol. The monoisotopic (exact) mass is 279 g/mol. The summed E-state index contributed by atoms with van der Waals surface area (Å²) >= 11 is 0. The summed E-state index contributed by atoms with van der Waals surface area (Å²) in [7, 11) is 0. The van der Waals surface area contributed by atoms with E-state index in [2.05, 4.69) is 19.2 Å². The van der Waals surface area contributed by atoms with Gasteiger partial charge in [-0.2, -0.15) is 0 Å². The van der Waals surface area contributed by atoms with Gasteiger partial charge < -0.3 is 14.8 Å². The molecule has 0 atom stereocenters. The van der Waals surface area contributed by atoms with Crippen molar-refractivity contribution < 1.29 is 9.47 Å². The van der Waals surface area contributed by atoms with Crippen molar-refractivity contribution in [3.63, 3.8) is 0 Å². The number of unbranched alkanes of at least 4 members (excludes halogenated alkanes) is 3. The lowest BCUT2D eigenvalue weighted by Crippen LogP contribution is -2.23. The Balaban J connectivity index is 2.09. The zero-order chi connectivity index (χ0) is 14.6. The van der Waals surface area contributed by atoms with E-state index in [1.807, 2.05) is 31.2 Å². The zero-order valence-corrected chi connectivity index (χ0v) is 13.2. The summed E-state index contributed by atoms with van der Waals surface area (Å²) in [5, 5.41) is 3.44. The van der Waals surface area contributed by atoms with Gasteiger partial charge in [0.15, 0.2) is 11.5 Å². The Morgan fingerprint density at radius 3 is 2.25 bits per heavy atom. The van der Waals surface area contributed by atoms with Crippen molar-refractivity contribution in [2.45, 2.75) is 52.5 Å². The van der Waals surface area contributed by atoms with Crippen molar-refractivity contribution in [2.75, 3.05) is 19.8 Å². The number of ether oxygens (including phenoxy) is 2. The van der Waals surface area contributed by atoms with Crippen LogP contribution in [0.2, 0.25) is 0 Å². The Morgan fingerprint density at radius 2 is 1.60 bits per heavy atom. The Kier molecular flexibility index (Phi) is 8.88. The molecule has 1 aromatic rings. The highest BCUT2D eigenvalue weighted by molar-refractivity contribution is 5.39. The van der Waals surface area contributed by atoms with E-state index in [-0.39, 0.29) is 0 Å². The topological polar surface area (TPSA) is 30.5 Å². The normalized spacial score (nSPS) is 10.8. The lowest BCUT2D eigenvalue weighted by molar-refractivity contribution is 0.270. The van der Waals surface area contributed by atoms with Gasteiger partial charge in [-0.25, -0.2) is 0 Å². The van der Waals surface area contributed by atoms with Crippen LogP contribution in [-0.4, -0.2) is 25.8 Å². The molecule has 1 N–H and O–H groups in total. The van der Waals surface area contributed by atoms with Crippen LogP contribution < -0.4 is 14.8 Å². The average molecular weight is 279 g/mol. The van der Waals surface area contributed by atoms with Crippen LogP contribution in [0, 0.1) is 0 Å². The fourth-order valence-corrected chi connectivity index (χ4v) is 2.00. The van der Waals surface area contributed by atoms with Gasteiger partial charge in [-0.05, 0) is 38.4 Å². The molecule has 3 heteroatoms. The van der Waals surface area contributed by atoms with Crippen molar-refractivity contribution in [1.82, 2.24) is 5.32 Å². The first-order valence-electron chi connectivity index (χ1n) is 7.82. The summed E-state index contributed by atoms with van der Waals surface area (Å²) in [5.41, 5.74) is 0. The molecule has 0 saturated carbocycles. The number of nitrogens with one attached hydrogen (secondary N) is 1. The van der Waals surface area contributed by atoms with E-state index in [4.69, 9.17) is 9.47 Å². The molecule has 0 aliphatic heterocycles. The van der Waals surface area contributed by atoms with E-state index in [1.54, 1.807) is 0 Å². The first-order chi connectivity index (χ1) is 9.74. The number of hydrogen-bond donors (Lipinski definition) is 1. The van der Waals surface area contributed by atoms with Crippen molar-refractivity contribution >= 4 is 0 Å². The summed E-state index contributed by atoms with van der Waals surface area (Å²) in [6.45, 7) is 8.91. The Morgan fingerprint density at radius 1 is 0.950 bits per heavy atom. The molecule has 114 valence electrons. The third-order valence-corrected chi connectivity index (χ3v) is 3.03. The number of benzene rings is 1. The fraction of sp³-hybridized carbons (Fsp3) is 0.647. The molecule has 0 saturated heterocycles. The summed E-state index contributed by atoms with van der Waals surface area (Å²) in [6.07, 6.45) is 4.82. The van der Waals surface area contributed by atoms with Gasteiger partial charge in [0.1, 0.15) is 0 Å². The maximum Gasteiger partial charge on any atom is 0.161 e. The Labute approximate surface area is 123 Å². The van der Waals surface area contributed by atoms with Gasteiger partial charge in [-0.1, -0.05) is 38.8 Å². The molecule has 1 rings (SSSR count). The van der Waals surface area contributed by atoms with E-state index >= 15 is 0 Å². The average Bonchev–Trinajstić information content (AvgIpc) is 2.43. The molecule has 1 aromatic carbocycles. The van der Waals surface area contributed by atoms with E-state index in [1.165, 1.54) is 19.3 Å². The maximum absolute atomic E-state index is 5.79. The van der Waals surface area contributed by atoms with Gasteiger partial charge in [-0.15, -0.1) is 0 Å². The van der Waals surface area contributed by atoms with Crippen molar-refractivity contribution in [2.24, 2.45) is 0 Å². The molecule has 0 aliphatic carbocycles. The molecule has 0 bridgehead atoms. The molecule has 0 aromatic heterocycles. The van der Waals surface area contributed by atoms with Gasteiger partial charge in [0.25, 0.3) is 0 Å². The second-order valence-electron chi connectivity index (χ2n) is 5.25. The minimum absolute atomic E-state index is 0.591. The molecule has 0 fully saturated rings. The molecule has 0 heterocycles. The quantitative estimate of drug-likeness (QED) is 0.621. The highest BCUT2D eigenvalue weighted by atomic mass is 16.5. The second-order valence-corrected chi connectivity index (χ2v) is 5.25. The van der Waals surface area contributed by atoms with E-state index in [9.17, 15) is 0 Å². The van der Waals surface area contributed by atoms with Crippen LogP contribution in [0.3, 0.4) is 0 Å². The van der Waals surface area contributed by atoms with E-state index < -0.39 is 0 Å². The van der Waals surface area contributed by atoms with Crippen molar-refractivity contribution in [3.05, 3.63) is 24.3 Å². The summed E-state index contributed by atoms with van der Waals surface area (Å²) in [4.78, 5) is 0. The molecule has 0 amide bonds. The number of hydrogen-bond acceptors (Lipinski definition) is 3. The predicted molar refractivity (Wildman–Crippen MR) is 84.7 cm³/mol. The van der Waals surface area contributed by atoms with Crippen LogP contribution >= 0.6 is 0 Å². The van der Waals surface area contributed by atoms with Gasteiger partial charge >= 0.3 is 0 Å². The number of para-hydroxylation sites is 2. The minimum atomic E-state index is 0.591. The van der Waals surface area contributed by atoms with Crippen LogP contribution in [0.5, 0.6) is 11.5 Å². The smallest absolute Gasteiger partial charge is 0.161 e. The van der Waals surface area contributed by atoms with Crippen LogP contribution in [0.15, 0.2) is 24.3 Å². The summed E-state index contributed by atoms with van der Waals surface area (Å²) in [6, 6.07) is 8.47. The zero-order valence-electron chi connectivity index (χ0n) is 13.2. The largest absolute Gasteiger partial charge is 0.490 e. The summed E-state index contributed by atoms with van der Waals surface area (Å²) < 4.78 is 11.3. The van der Waals surface area contributed by atoms with Crippen molar-refractivity contribution in [1.29, 1.82) is 0 Å². The van der Waals surface area contributed by atoms with Gasteiger partial charge in [0.05, 0.1) is 13.2 Å². The Bertz CT molecular complexity index is 353. The molecule has 20 heavy (non-hydrogen) atoms. The molecule has 0 spiro atoms. The third-order valence-electron chi connectivity index (χ3n) is 3.03. The lowest BCUT2D eigenvalue weighted by Gasteiger charge is -2.11. The molecular formula is C17H29NO2. The lowest BCUT2D eigenvalue weighted by atomic mass is 10.2. The van der Waals surface area contributed by atoms with Crippen LogP contribution in [0.4, 0.5) is 0 Å². The SMILES string of the molecule is CCOc1ccccc1OCCCCCCNC(C)C. The third kappa shape index (κ3) is 7.39. The summed E-state index contributed by atoms with van der Waals surface area (Å²) in [5.74, 6) is 1.70. The molecule has 0 unspecified atom stereocenters. The molecule has 0 aliphatic rings. The minimum Gasteiger partial charge on any atom is -0.490 e. The first-order valence-corrected chi connectivity index (χ1v) is 7.82. The standard InChI is InChI=1S/C17H29NO2/c1-4-19-16-11-7-8-12-17(16)20-14-10-6-5-9-13-18-15(2)3/h7-8,11-12,15,18H,4-6,9-10,13-14H2,1-3H3. The predicted octanol–water partition coefficient (Wildman–Crippen LogP) is 4.02.